The van der Waals surface area contributed by atoms with Gasteiger partial charge in [0.2, 0.25) is 11.8 Å². The Morgan fingerprint density at radius 2 is 1.88 bits per heavy atom. The topological polar surface area (TPSA) is 62.3 Å². The van der Waals surface area contributed by atoms with Gasteiger partial charge in [0.25, 0.3) is 0 Å². The summed E-state index contributed by atoms with van der Waals surface area (Å²) in [6.07, 6.45) is 3.68. The lowest BCUT2D eigenvalue weighted by Gasteiger charge is -2.20. The van der Waals surface area contributed by atoms with Crippen molar-refractivity contribution in [2.24, 2.45) is 0 Å². The van der Waals surface area contributed by atoms with Crippen LogP contribution in [0.15, 0.2) is 48.8 Å². The van der Waals surface area contributed by atoms with Crippen LogP contribution in [0.1, 0.15) is 44.2 Å². The van der Waals surface area contributed by atoms with Crippen molar-refractivity contribution in [3.05, 3.63) is 59.9 Å². The Hall–Kier alpha value is -2.69. The second-order valence-corrected chi connectivity index (χ2v) is 6.38. The molecule has 0 atom stereocenters. The summed E-state index contributed by atoms with van der Waals surface area (Å²) in [5.74, 6) is 0.300. The Balaban J connectivity index is 1.87. The van der Waals surface area contributed by atoms with E-state index in [2.05, 4.69) is 24.1 Å². The van der Waals surface area contributed by atoms with Crippen LogP contribution in [-0.2, 0) is 16.1 Å². The molecule has 5 nitrogen and oxygen atoms in total. The van der Waals surface area contributed by atoms with E-state index in [0.717, 1.165) is 11.3 Å². The molecule has 0 aliphatic carbocycles. The zero-order chi connectivity index (χ0) is 18.2. The molecule has 1 N–H and O–H groups in total. The summed E-state index contributed by atoms with van der Waals surface area (Å²) in [6, 6.07) is 11.6. The Morgan fingerprint density at radius 3 is 2.44 bits per heavy atom. The Morgan fingerprint density at radius 1 is 1.16 bits per heavy atom. The van der Waals surface area contributed by atoms with Crippen LogP contribution >= 0.6 is 0 Å². The molecule has 1 aromatic carbocycles. The normalized spacial score (nSPS) is 10.6. The number of nitrogens with zero attached hydrogens (tertiary/aromatic N) is 2. The van der Waals surface area contributed by atoms with E-state index < -0.39 is 0 Å². The van der Waals surface area contributed by atoms with Crippen molar-refractivity contribution in [2.75, 3.05) is 11.9 Å². The first-order valence-electron chi connectivity index (χ1n) is 8.50. The molecule has 5 heteroatoms. The molecule has 25 heavy (non-hydrogen) atoms. The van der Waals surface area contributed by atoms with E-state index in [1.54, 1.807) is 17.3 Å². The summed E-state index contributed by atoms with van der Waals surface area (Å²) in [5, 5.41) is 2.88. The number of nitrogens with one attached hydrogen (secondary N) is 1. The van der Waals surface area contributed by atoms with E-state index in [1.165, 1.54) is 12.5 Å². The third-order valence-electron chi connectivity index (χ3n) is 4.01. The second kappa shape index (κ2) is 8.97. The molecule has 1 aromatic heterocycles. The Bertz CT molecular complexity index is 697. The van der Waals surface area contributed by atoms with Crippen LogP contribution in [0.4, 0.5) is 5.69 Å². The lowest BCUT2D eigenvalue weighted by Crippen LogP contribution is -2.31. The maximum atomic E-state index is 12.1. The summed E-state index contributed by atoms with van der Waals surface area (Å²) < 4.78 is 0. The molecule has 2 rings (SSSR count). The van der Waals surface area contributed by atoms with Gasteiger partial charge in [-0.1, -0.05) is 32.0 Å². The van der Waals surface area contributed by atoms with Gasteiger partial charge >= 0.3 is 0 Å². The summed E-state index contributed by atoms with van der Waals surface area (Å²) in [6.45, 7) is 6.61. The molecule has 132 valence electrons. The highest BCUT2D eigenvalue weighted by Crippen LogP contribution is 2.17. The van der Waals surface area contributed by atoms with Crippen molar-refractivity contribution in [2.45, 2.75) is 39.7 Å². The first kappa shape index (κ1) is 18.6. The van der Waals surface area contributed by atoms with Crippen LogP contribution in [-0.4, -0.2) is 28.2 Å². The van der Waals surface area contributed by atoms with Gasteiger partial charge in [0, 0.05) is 44.5 Å². The fourth-order valence-corrected chi connectivity index (χ4v) is 2.47. The number of carbonyl (C=O) groups excluding carboxylic acids is 2. The summed E-state index contributed by atoms with van der Waals surface area (Å²) in [7, 11) is 0. The third kappa shape index (κ3) is 6.03. The molecular formula is C20H25N3O2. The number of pyridine rings is 1. The average molecular weight is 339 g/mol. The number of rotatable bonds is 7. The van der Waals surface area contributed by atoms with Gasteiger partial charge in [-0.2, -0.15) is 0 Å². The van der Waals surface area contributed by atoms with E-state index in [4.69, 9.17) is 0 Å². The van der Waals surface area contributed by atoms with Crippen molar-refractivity contribution in [1.29, 1.82) is 0 Å². The highest BCUT2D eigenvalue weighted by Gasteiger charge is 2.12. The van der Waals surface area contributed by atoms with E-state index >= 15 is 0 Å². The molecule has 0 saturated heterocycles. The van der Waals surface area contributed by atoms with Gasteiger partial charge in [-0.15, -0.1) is 0 Å². The molecule has 2 amide bonds. The van der Waals surface area contributed by atoms with Crippen molar-refractivity contribution in [1.82, 2.24) is 9.88 Å². The van der Waals surface area contributed by atoms with E-state index in [0.29, 0.717) is 19.0 Å². The van der Waals surface area contributed by atoms with Gasteiger partial charge in [-0.25, -0.2) is 0 Å². The monoisotopic (exact) mass is 339 g/mol. The predicted octanol–water partition coefficient (Wildman–Crippen LogP) is 3.58. The highest BCUT2D eigenvalue weighted by molar-refractivity contribution is 5.91. The molecule has 0 aliphatic heterocycles. The van der Waals surface area contributed by atoms with Crippen LogP contribution in [0, 0.1) is 0 Å². The number of hydrogen-bond acceptors (Lipinski definition) is 3. The largest absolute Gasteiger partial charge is 0.338 e. The van der Waals surface area contributed by atoms with Crippen LogP contribution in [0.25, 0.3) is 0 Å². The molecule has 0 bridgehead atoms. The first-order chi connectivity index (χ1) is 12.0. The van der Waals surface area contributed by atoms with Crippen molar-refractivity contribution < 1.29 is 9.59 Å². The van der Waals surface area contributed by atoms with Gasteiger partial charge in [0.05, 0.1) is 0 Å². The SMILES string of the molecule is CC(=O)N(CCC(=O)Nc1ccc(C(C)C)cc1)Cc1cccnc1. The molecule has 0 saturated carbocycles. The fourth-order valence-electron chi connectivity index (χ4n) is 2.47. The molecule has 2 aromatic rings. The maximum Gasteiger partial charge on any atom is 0.226 e. The quantitative estimate of drug-likeness (QED) is 0.838. The number of amides is 2. The average Bonchev–Trinajstić information content (AvgIpc) is 2.59. The minimum Gasteiger partial charge on any atom is -0.338 e. The highest BCUT2D eigenvalue weighted by atomic mass is 16.2. The van der Waals surface area contributed by atoms with Crippen LogP contribution < -0.4 is 5.32 Å². The minimum atomic E-state index is -0.102. The standard InChI is InChI=1S/C20H25N3O2/c1-15(2)18-6-8-19(9-7-18)22-20(25)10-12-23(16(3)24)14-17-5-4-11-21-13-17/h4-9,11,13,15H,10,12,14H2,1-3H3,(H,22,25). The van der Waals surface area contributed by atoms with Gasteiger partial charge in [-0.3, -0.25) is 14.6 Å². The molecule has 0 unspecified atom stereocenters. The second-order valence-electron chi connectivity index (χ2n) is 6.38. The van der Waals surface area contributed by atoms with Crippen LogP contribution in [0.3, 0.4) is 0 Å². The molecule has 0 fully saturated rings. The number of aromatic nitrogens is 1. The zero-order valence-corrected chi connectivity index (χ0v) is 15.0. The lowest BCUT2D eigenvalue weighted by molar-refractivity contribution is -0.129. The summed E-state index contributed by atoms with van der Waals surface area (Å²) in [4.78, 5) is 29.6. The van der Waals surface area contributed by atoms with Crippen molar-refractivity contribution in [3.63, 3.8) is 0 Å². The Kier molecular flexibility index (Phi) is 6.69. The van der Waals surface area contributed by atoms with Gasteiger partial charge in [-0.05, 0) is 35.2 Å². The smallest absolute Gasteiger partial charge is 0.226 e. The molecule has 1 heterocycles. The minimum absolute atomic E-state index is 0.0575. The summed E-state index contributed by atoms with van der Waals surface area (Å²) in [5.41, 5.74) is 2.95. The van der Waals surface area contributed by atoms with Gasteiger partial charge < -0.3 is 10.2 Å². The van der Waals surface area contributed by atoms with Crippen molar-refractivity contribution >= 4 is 17.5 Å². The maximum absolute atomic E-state index is 12.1. The number of anilines is 1. The Labute approximate surface area is 149 Å². The lowest BCUT2D eigenvalue weighted by atomic mass is 10.0. The van der Waals surface area contributed by atoms with E-state index in [1.807, 2.05) is 36.4 Å². The van der Waals surface area contributed by atoms with E-state index in [-0.39, 0.29) is 18.2 Å². The fraction of sp³-hybridized carbons (Fsp3) is 0.350. The number of benzene rings is 1. The van der Waals surface area contributed by atoms with Gasteiger partial charge in [0.15, 0.2) is 0 Å². The predicted molar refractivity (Wildman–Crippen MR) is 99.1 cm³/mol. The third-order valence-corrected chi connectivity index (χ3v) is 4.01. The van der Waals surface area contributed by atoms with Crippen LogP contribution in [0.5, 0.6) is 0 Å². The number of carbonyl (C=O) groups is 2. The van der Waals surface area contributed by atoms with E-state index in [9.17, 15) is 9.59 Å². The molecule has 0 aliphatic rings. The molecular weight excluding hydrogens is 314 g/mol. The zero-order valence-electron chi connectivity index (χ0n) is 15.0. The molecule has 0 radical (unpaired) electrons. The van der Waals surface area contributed by atoms with Crippen molar-refractivity contribution in [3.8, 4) is 0 Å². The number of hydrogen-bond donors (Lipinski definition) is 1. The van der Waals surface area contributed by atoms with Crippen LogP contribution in [0.2, 0.25) is 0 Å². The first-order valence-corrected chi connectivity index (χ1v) is 8.50. The molecule has 0 spiro atoms. The van der Waals surface area contributed by atoms with Gasteiger partial charge in [0.1, 0.15) is 0 Å². The summed E-state index contributed by atoms with van der Waals surface area (Å²) >= 11 is 0.